The molecule has 118 valence electrons. The average Bonchev–Trinajstić information content (AvgIpc) is 2.68. The Labute approximate surface area is 145 Å². The maximum absolute atomic E-state index is 9.94. The number of benzene rings is 3. The summed E-state index contributed by atoms with van der Waals surface area (Å²) in [5.41, 5.74) is 4.52. The van der Waals surface area contributed by atoms with Crippen LogP contribution in [0.2, 0.25) is 0 Å². The van der Waals surface area contributed by atoms with E-state index >= 15 is 0 Å². The summed E-state index contributed by atoms with van der Waals surface area (Å²) in [5.74, 6) is 0.155. The van der Waals surface area contributed by atoms with Crippen molar-refractivity contribution in [1.29, 1.82) is 5.26 Å². The minimum Gasteiger partial charge on any atom is -0.508 e. The molecule has 0 aliphatic rings. The molecule has 1 heterocycles. The van der Waals surface area contributed by atoms with Crippen LogP contribution in [0.15, 0.2) is 78.9 Å². The lowest BCUT2D eigenvalue weighted by molar-refractivity contribution is 0.476. The Balaban J connectivity index is 2.16. The molecule has 0 aliphatic carbocycles. The van der Waals surface area contributed by atoms with E-state index in [1.807, 2.05) is 60.7 Å². The SMILES string of the molecule is N#Cc1c(-c2ccccc2)nc2ccc(O)cc2c1-c1ccccc1. The summed E-state index contributed by atoms with van der Waals surface area (Å²) in [6, 6.07) is 26.8. The van der Waals surface area contributed by atoms with E-state index in [0.29, 0.717) is 11.3 Å². The van der Waals surface area contributed by atoms with E-state index < -0.39 is 0 Å². The largest absolute Gasteiger partial charge is 0.508 e. The summed E-state index contributed by atoms with van der Waals surface area (Å²) in [7, 11) is 0. The summed E-state index contributed by atoms with van der Waals surface area (Å²) in [5, 5.41) is 20.6. The summed E-state index contributed by atoms with van der Waals surface area (Å²) < 4.78 is 0. The first-order valence-corrected chi connectivity index (χ1v) is 7.95. The van der Waals surface area contributed by atoms with Crippen LogP contribution < -0.4 is 0 Å². The van der Waals surface area contributed by atoms with Crippen LogP contribution in [-0.4, -0.2) is 10.1 Å². The Hall–Kier alpha value is -3.64. The van der Waals surface area contributed by atoms with Gasteiger partial charge in [0.15, 0.2) is 0 Å². The number of phenols is 1. The van der Waals surface area contributed by atoms with Gasteiger partial charge in [-0.2, -0.15) is 5.26 Å². The fourth-order valence-electron chi connectivity index (χ4n) is 3.07. The van der Waals surface area contributed by atoms with Crippen molar-refractivity contribution in [3.8, 4) is 34.2 Å². The van der Waals surface area contributed by atoms with E-state index in [2.05, 4.69) is 6.07 Å². The van der Waals surface area contributed by atoms with Crippen molar-refractivity contribution in [2.45, 2.75) is 0 Å². The molecular weight excluding hydrogens is 308 g/mol. The van der Waals surface area contributed by atoms with E-state index in [1.54, 1.807) is 18.2 Å². The normalized spacial score (nSPS) is 10.5. The van der Waals surface area contributed by atoms with E-state index in [4.69, 9.17) is 4.98 Å². The minimum absolute atomic E-state index is 0.155. The second kappa shape index (κ2) is 6.10. The zero-order chi connectivity index (χ0) is 17.2. The summed E-state index contributed by atoms with van der Waals surface area (Å²) >= 11 is 0. The molecule has 4 rings (SSSR count). The van der Waals surface area contributed by atoms with Crippen LogP contribution in [0.5, 0.6) is 5.75 Å². The van der Waals surface area contributed by atoms with Crippen molar-refractivity contribution >= 4 is 10.9 Å². The minimum atomic E-state index is 0.155. The Kier molecular flexibility index (Phi) is 3.64. The first-order valence-electron chi connectivity index (χ1n) is 7.95. The van der Waals surface area contributed by atoms with E-state index in [1.165, 1.54) is 0 Å². The first kappa shape index (κ1) is 14.9. The van der Waals surface area contributed by atoms with Crippen LogP contribution in [0.1, 0.15) is 5.56 Å². The van der Waals surface area contributed by atoms with Gasteiger partial charge in [-0.1, -0.05) is 60.7 Å². The van der Waals surface area contributed by atoms with Crippen LogP contribution in [0, 0.1) is 11.3 Å². The predicted octanol–water partition coefficient (Wildman–Crippen LogP) is 5.15. The third-order valence-corrected chi connectivity index (χ3v) is 4.19. The fraction of sp³-hybridized carbons (Fsp3) is 0. The van der Waals surface area contributed by atoms with E-state index in [0.717, 1.165) is 27.6 Å². The van der Waals surface area contributed by atoms with Gasteiger partial charge >= 0.3 is 0 Å². The molecule has 4 aromatic rings. The Morgan fingerprint density at radius 1 is 0.800 bits per heavy atom. The van der Waals surface area contributed by atoms with Gasteiger partial charge in [0.1, 0.15) is 11.8 Å². The number of nitriles is 1. The molecule has 3 aromatic carbocycles. The summed E-state index contributed by atoms with van der Waals surface area (Å²) in [6.07, 6.45) is 0. The molecule has 1 N–H and O–H groups in total. The van der Waals surface area contributed by atoms with Crippen molar-refractivity contribution in [3.63, 3.8) is 0 Å². The zero-order valence-corrected chi connectivity index (χ0v) is 13.3. The highest BCUT2D eigenvalue weighted by Crippen LogP contribution is 2.37. The van der Waals surface area contributed by atoms with Crippen LogP contribution >= 0.6 is 0 Å². The molecule has 0 radical (unpaired) electrons. The molecule has 0 amide bonds. The van der Waals surface area contributed by atoms with Gasteiger partial charge < -0.3 is 5.11 Å². The molecule has 0 saturated carbocycles. The van der Waals surface area contributed by atoms with E-state index in [-0.39, 0.29) is 5.75 Å². The number of fused-ring (bicyclic) bond motifs is 1. The maximum atomic E-state index is 9.94. The highest BCUT2D eigenvalue weighted by Gasteiger charge is 2.18. The Morgan fingerprint density at radius 3 is 2.08 bits per heavy atom. The Morgan fingerprint density at radius 2 is 1.44 bits per heavy atom. The van der Waals surface area contributed by atoms with Gasteiger partial charge in [-0.15, -0.1) is 0 Å². The molecule has 0 aliphatic heterocycles. The lowest BCUT2D eigenvalue weighted by atomic mass is 9.92. The molecular formula is C22H14N2O. The van der Waals surface area contributed by atoms with Gasteiger partial charge in [-0.05, 0) is 23.8 Å². The number of rotatable bonds is 2. The van der Waals surface area contributed by atoms with E-state index in [9.17, 15) is 10.4 Å². The zero-order valence-electron chi connectivity index (χ0n) is 13.3. The van der Waals surface area contributed by atoms with Crippen LogP contribution in [0.3, 0.4) is 0 Å². The topological polar surface area (TPSA) is 56.9 Å². The fourth-order valence-corrected chi connectivity index (χ4v) is 3.07. The second-order valence-corrected chi connectivity index (χ2v) is 5.76. The van der Waals surface area contributed by atoms with Gasteiger partial charge in [0.05, 0.1) is 16.8 Å². The number of pyridine rings is 1. The quantitative estimate of drug-likeness (QED) is 0.555. The number of hydrogen-bond donors (Lipinski definition) is 1. The predicted molar refractivity (Wildman–Crippen MR) is 99.0 cm³/mol. The second-order valence-electron chi connectivity index (χ2n) is 5.76. The molecule has 1 aromatic heterocycles. The molecule has 25 heavy (non-hydrogen) atoms. The standard InChI is InChI=1S/C22H14N2O/c23-14-19-21(15-7-3-1-4-8-15)18-13-17(25)11-12-20(18)24-22(19)16-9-5-2-6-10-16/h1-13,25H. The monoisotopic (exact) mass is 322 g/mol. The van der Waals surface area contributed by atoms with Crippen molar-refractivity contribution in [3.05, 3.63) is 84.4 Å². The lowest BCUT2D eigenvalue weighted by Crippen LogP contribution is -1.96. The lowest BCUT2D eigenvalue weighted by Gasteiger charge is -2.14. The molecule has 3 nitrogen and oxygen atoms in total. The van der Waals surface area contributed by atoms with Gasteiger partial charge in [0, 0.05) is 16.5 Å². The van der Waals surface area contributed by atoms with Crippen LogP contribution in [0.25, 0.3) is 33.3 Å². The molecule has 0 spiro atoms. The average molecular weight is 322 g/mol. The van der Waals surface area contributed by atoms with Crippen molar-refractivity contribution in [1.82, 2.24) is 4.98 Å². The van der Waals surface area contributed by atoms with Gasteiger partial charge in [-0.3, -0.25) is 0 Å². The van der Waals surface area contributed by atoms with Crippen LogP contribution in [0.4, 0.5) is 0 Å². The number of nitrogens with zero attached hydrogens (tertiary/aromatic N) is 2. The molecule has 3 heteroatoms. The third kappa shape index (κ3) is 2.60. The number of aromatic hydroxyl groups is 1. The number of phenolic OH excluding ortho intramolecular Hbond substituents is 1. The summed E-state index contributed by atoms with van der Waals surface area (Å²) in [4.78, 5) is 4.71. The highest BCUT2D eigenvalue weighted by atomic mass is 16.3. The number of aromatic nitrogens is 1. The van der Waals surface area contributed by atoms with Crippen molar-refractivity contribution in [2.75, 3.05) is 0 Å². The third-order valence-electron chi connectivity index (χ3n) is 4.19. The molecule has 0 bridgehead atoms. The van der Waals surface area contributed by atoms with Crippen molar-refractivity contribution < 1.29 is 5.11 Å². The molecule has 0 unspecified atom stereocenters. The molecule has 0 saturated heterocycles. The molecule has 0 atom stereocenters. The van der Waals surface area contributed by atoms with Gasteiger partial charge in [-0.25, -0.2) is 4.98 Å². The maximum Gasteiger partial charge on any atom is 0.116 e. The number of hydrogen-bond acceptors (Lipinski definition) is 3. The smallest absolute Gasteiger partial charge is 0.116 e. The molecule has 0 fully saturated rings. The Bertz CT molecular complexity index is 1100. The summed E-state index contributed by atoms with van der Waals surface area (Å²) in [6.45, 7) is 0. The van der Waals surface area contributed by atoms with Crippen LogP contribution in [-0.2, 0) is 0 Å². The van der Waals surface area contributed by atoms with Gasteiger partial charge in [0.25, 0.3) is 0 Å². The highest BCUT2D eigenvalue weighted by molar-refractivity contribution is 6.01. The van der Waals surface area contributed by atoms with Gasteiger partial charge in [0.2, 0.25) is 0 Å². The first-order chi connectivity index (χ1) is 12.3. The van der Waals surface area contributed by atoms with Crippen molar-refractivity contribution in [2.24, 2.45) is 0 Å².